The summed E-state index contributed by atoms with van der Waals surface area (Å²) in [5.74, 6) is 3.43. The number of nitrogens with one attached hydrogen (secondary N) is 1. The fourth-order valence-electron chi connectivity index (χ4n) is 2.49. The van der Waals surface area contributed by atoms with Crippen molar-refractivity contribution in [2.24, 2.45) is 0 Å². The SMILES string of the molecule is COc1ccc(NC(=O)COc2ccc(C3SCCCS3)cc2)cc1Cl. The fraction of sp³-hybridized carbons (Fsp3) is 0.316. The Hall–Kier alpha value is -1.50. The highest BCUT2D eigenvalue weighted by molar-refractivity contribution is 8.16. The maximum Gasteiger partial charge on any atom is 0.262 e. The first-order valence-electron chi connectivity index (χ1n) is 8.25. The number of hydrogen-bond donors (Lipinski definition) is 1. The Morgan fingerprint density at radius 1 is 1.19 bits per heavy atom. The molecule has 1 saturated heterocycles. The monoisotopic (exact) mass is 409 g/mol. The van der Waals surface area contributed by atoms with Crippen molar-refractivity contribution in [3.63, 3.8) is 0 Å². The zero-order valence-electron chi connectivity index (χ0n) is 14.4. The van der Waals surface area contributed by atoms with Crippen LogP contribution in [0, 0.1) is 0 Å². The number of carbonyl (C=O) groups excluding carboxylic acids is 1. The molecule has 0 aromatic heterocycles. The van der Waals surface area contributed by atoms with Crippen LogP contribution in [0.4, 0.5) is 5.69 Å². The van der Waals surface area contributed by atoms with E-state index >= 15 is 0 Å². The number of carbonyl (C=O) groups is 1. The summed E-state index contributed by atoms with van der Waals surface area (Å²) in [5.41, 5.74) is 1.90. The van der Waals surface area contributed by atoms with Crippen LogP contribution in [0.15, 0.2) is 42.5 Å². The second-order valence-corrected chi connectivity index (χ2v) is 8.81. The Kier molecular flexibility index (Phi) is 7.00. The van der Waals surface area contributed by atoms with Crippen LogP contribution < -0.4 is 14.8 Å². The maximum absolute atomic E-state index is 12.0. The van der Waals surface area contributed by atoms with Gasteiger partial charge in [-0.25, -0.2) is 0 Å². The second kappa shape index (κ2) is 9.44. The zero-order valence-corrected chi connectivity index (χ0v) is 16.8. The summed E-state index contributed by atoms with van der Waals surface area (Å²) in [5, 5.41) is 3.20. The van der Waals surface area contributed by atoms with Crippen molar-refractivity contribution in [3.8, 4) is 11.5 Å². The number of rotatable bonds is 6. The van der Waals surface area contributed by atoms with Crippen LogP contribution in [0.1, 0.15) is 16.6 Å². The predicted molar refractivity (Wildman–Crippen MR) is 111 cm³/mol. The van der Waals surface area contributed by atoms with E-state index in [4.69, 9.17) is 21.1 Å². The van der Waals surface area contributed by atoms with E-state index in [2.05, 4.69) is 17.4 Å². The molecule has 0 bridgehead atoms. The lowest BCUT2D eigenvalue weighted by Crippen LogP contribution is -2.20. The molecule has 0 spiro atoms. The lowest BCUT2D eigenvalue weighted by Gasteiger charge is -2.21. The summed E-state index contributed by atoms with van der Waals surface area (Å²) in [7, 11) is 1.55. The molecule has 1 amide bonds. The Labute approximate surface area is 167 Å². The summed E-state index contributed by atoms with van der Waals surface area (Å²) in [6.45, 7) is -0.0596. The molecule has 138 valence electrons. The molecule has 1 fully saturated rings. The maximum atomic E-state index is 12.0. The molecular weight excluding hydrogens is 390 g/mol. The number of halogens is 1. The number of hydrogen-bond acceptors (Lipinski definition) is 5. The smallest absolute Gasteiger partial charge is 0.262 e. The van der Waals surface area contributed by atoms with E-state index in [1.54, 1.807) is 25.3 Å². The predicted octanol–water partition coefficient (Wildman–Crippen LogP) is 5.23. The summed E-state index contributed by atoms with van der Waals surface area (Å²) in [4.78, 5) is 12.0. The van der Waals surface area contributed by atoms with E-state index in [1.165, 1.54) is 23.5 Å². The molecule has 3 rings (SSSR count). The topological polar surface area (TPSA) is 47.6 Å². The molecule has 26 heavy (non-hydrogen) atoms. The van der Waals surface area contributed by atoms with Gasteiger partial charge in [0.25, 0.3) is 5.91 Å². The lowest BCUT2D eigenvalue weighted by atomic mass is 10.2. The molecule has 4 nitrogen and oxygen atoms in total. The van der Waals surface area contributed by atoms with Gasteiger partial charge in [-0.15, -0.1) is 23.5 Å². The summed E-state index contributed by atoms with van der Waals surface area (Å²) in [6, 6.07) is 13.1. The van der Waals surface area contributed by atoms with Crippen LogP contribution in [0.2, 0.25) is 5.02 Å². The average molecular weight is 410 g/mol. The van der Waals surface area contributed by atoms with Gasteiger partial charge in [-0.1, -0.05) is 23.7 Å². The van der Waals surface area contributed by atoms with Gasteiger partial charge in [-0.2, -0.15) is 0 Å². The van der Waals surface area contributed by atoms with Gasteiger partial charge in [0.15, 0.2) is 6.61 Å². The fourth-order valence-corrected chi connectivity index (χ4v) is 5.64. The van der Waals surface area contributed by atoms with Crippen molar-refractivity contribution in [2.45, 2.75) is 11.0 Å². The van der Waals surface area contributed by atoms with E-state index < -0.39 is 0 Å². The second-order valence-electron chi connectivity index (χ2n) is 5.68. The first-order chi connectivity index (χ1) is 12.7. The van der Waals surface area contributed by atoms with Crippen LogP contribution in [0.5, 0.6) is 11.5 Å². The van der Waals surface area contributed by atoms with Gasteiger partial charge in [0.2, 0.25) is 0 Å². The van der Waals surface area contributed by atoms with Crippen LogP contribution in [0.3, 0.4) is 0 Å². The van der Waals surface area contributed by atoms with Crippen LogP contribution in [0.25, 0.3) is 0 Å². The Balaban J connectivity index is 1.50. The number of anilines is 1. The Morgan fingerprint density at radius 2 is 1.92 bits per heavy atom. The quantitative estimate of drug-likeness (QED) is 0.707. The lowest BCUT2D eigenvalue weighted by molar-refractivity contribution is -0.118. The summed E-state index contributed by atoms with van der Waals surface area (Å²) < 4.78 is 11.2. The number of benzene rings is 2. The van der Waals surface area contributed by atoms with Gasteiger partial charge in [-0.05, 0) is 53.8 Å². The van der Waals surface area contributed by atoms with Crippen molar-refractivity contribution in [1.29, 1.82) is 0 Å². The molecule has 0 saturated carbocycles. The molecule has 0 aliphatic carbocycles. The van der Waals surface area contributed by atoms with E-state index in [0.717, 1.165) is 0 Å². The summed E-state index contributed by atoms with van der Waals surface area (Å²) >= 11 is 10.0. The molecule has 1 N–H and O–H groups in total. The number of thioether (sulfide) groups is 2. The largest absolute Gasteiger partial charge is 0.495 e. The first-order valence-corrected chi connectivity index (χ1v) is 10.7. The molecule has 0 atom stereocenters. The molecule has 1 aliphatic rings. The minimum absolute atomic E-state index is 0.0596. The Bertz CT molecular complexity index is 749. The third kappa shape index (κ3) is 5.25. The minimum Gasteiger partial charge on any atom is -0.495 e. The average Bonchev–Trinajstić information content (AvgIpc) is 2.68. The van der Waals surface area contributed by atoms with Gasteiger partial charge >= 0.3 is 0 Å². The van der Waals surface area contributed by atoms with Crippen LogP contribution in [-0.4, -0.2) is 31.1 Å². The van der Waals surface area contributed by atoms with Crippen LogP contribution >= 0.6 is 35.1 Å². The molecule has 2 aromatic carbocycles. The van der Waals surface area contributed by atoms with E-state index in [-0.39, 0.29) is 12.5 Å². The highest BCUT2D eigenvalue weighted by Gasteiger charge is 2.16. The third-order valence-electron chi connectivity index (χ3n) is 3.78. The van der Waals surface area contributed by atoms with Crippen molar-refractivity contribution in [3.05, 3.63) is 53.1 Å². The standard InChI is InChI=1S/C19H20ClNO3S2/c1-23-17-8-5-14(11-16(17)20)21-18(22)12-24-15-6-3-13(4-7-15)19-25-9-2-10-26-19/h3-8,11,19H,2,9-10,12H2,1H3,(H,21,22). The number of ether oxygens (including phenoxy) is 2. The van der Waals surface area contributed by atoms with E-state index in [9.17, 15) is 4.79 Å². The highest BCUT2D eigenvalue weighted by Crippen LogP contribution is 2.43. The molecule has 2 aromatic rings. The van der Waals surface area contributed by atoms with Gasteiger partial charge in [0, 0.05) is 5.69 Å². The van der Waals surface area contributed by atoms with Gasteiger partial charge in [0.1, 0.15) is 11.5 Å². The molecule has 0 radical (unpaired) electrons. The van der Waals surface area contributed by atoms with Crippen molar-refractivity contribution in [2.75, 3.05) is 30.5 Å². The van der Waals surface area contributed by atoms with Crippen molar-refractivity contribution in [1.82, 2.24) is 0 Å². The van der Waals surface area contributed by atoms with Crippen LogP contribution in [-0.2, 0) is 4.79 Å². The van der Waals surface area contributed by atoms with Gasteiger partial charge in [0.05, 0.1) is 16.7 Å². The van der Waals surface area contributed by atoms with E-state index in [1.807, 2.05) is 35.7 Å². The normalized spacial score (nSPS) is 14.7. The zero-order chi connectivity index (χ0) is 18.4. The van der Waals surface area contributed by atoms with Gasteiger partial charge in [-0.3, -0.25) is 4.79 Å². The van der Waals surface area contributed by atoms with Crippen molar-refractivity contribution >= 4 is 46.7 Å². The molecule has 1 aliphatic heterocycles. The van der Waals surface area contributed by atoms with E-state index in [0.29, 0.717) is 26.8 Å². The highest BCUT2D eigenvalue weighted by atomic mass is 35.5. The third-order valence-corrected chi connectivity index (χ3v) is 7.10. The number of methoxy groups -OCH3 is 1. The molecule has 7 heteroatoms. The van der Waals surface area contributed by atoms with Crippen molar-refractivity contribution < 1.29 is 14.3 Å². The molecule has 0 unspecified atom stereocenters. The summed E-state index contributed by atoms with van der Waals surface area (Å²) in [6.07, 6.45) is 1.28. The Morgan fingerprint density at radius 3 is 2.58 bits per heavy atom. The molecular formula is C19H20ClNO3S2. The molecule has 1 heterocycles. The van der Waals surface area contributed by atoms with Gasteiger partial charge < -0.3 is 14.8 Å². The first kappa shape index (κ1) is 19.3. The number of amides is 1. The minimum atomic E-state index is -0.242.